The Bertz CT molecular complexity index is 531. The second kappa shape index (κ2) is 7.91. The molecular weight excluding hydrogens is 303 g/mol. The van der Waals surface area contributed by atoms with Gasteiger partial charge in [0.1, 0.15) is 0 Å². The monoisotopic (exact) mass is 326 g/mol. The minimum atomic E-state index is -3.37. The van der Waals surface area contributed by atoms with E-state index >= 15 is 0 Å². The SMILES string of the molecule is CCOC(=O)CCC1OCCC1P(=O)(O)Cc1ccccc1. The Morgan fingerprint density at radius 2 is 2.14 bits per heavy atom. The van der Waals surface area contributed by atoms with Crippen LogP contribution in [0.5, 0.6) is 0 Å². The molecule has 1 aromatic carbocycles. The molecule has 22 heavy (non-hydrogen) atoms. The topological polar surface area (TPSA) is 72.8 Å². The molecule has 122 valence electrons. The molecule has 0 spiro atoms. The van der Waals surface area contributed by atoms with E-state index in [-0.39, 0.29) is 24.7 Å². The van der Waals surface area contributed by atoms with Gasteiger partial charge in [-0.1, -0.05) is 30.3 Å². The number of hydrogen-bond donors (Lipinski definition) is 1. The number of hydrogen-bond acceptors (Lipinski definition) is 4. The molecule has 0 aromatic heterocycles. The molecule has 1 aliphatic rings. The quantitative estimate of drug-likeness (QED) is 0.616. The summed E-state index contributed by atoms with van der Waals surface area (Å²) in [7, 11) is -3.37. The molecule has 0 saturated carbocycles. The van der Waals surface area contributed by atoms with E-state index in [9.17, 15) is 14.3 Å². The molecule has 3 unspecified atom stereocenters. The maximum Gasteiger partial charge on any atom is 0.305 e. The first-order valence-corrected chi connectivity index (χ1v) is 9.57. The first-order valence-electron chi connectivity index (χ1n) is 7.65. The van der Waals surface area contributed by atoms with Crippen LogP contribution in [0, 0.1) is 0 Å². The zero-order chi connectivity index (χ0) is 16.0. The molecule has 0 aliphatic carbocycles. The third-order valence-corrected chi connectivity index (χ3v) is 6.33. The van der Waals surface area contributed by atoms with Crippen molar-refractivity contribution in [2.75, 3.05) is 13.2 Å². The maximum atomic E-state index is 12.7. The molecule has 1 aliphatic heterocycles. The van der Waals surface area contributed by atoms with E-state index in [1.807, 2.05) is 30.3 Å². The molecule has 2 rings (SSSR count). The Morgan fingerprint density at radius 1 is 1.41 bits per heavy atom. The number of benzene rings is 1. The first-order chi connectivity index (χ1) is 10.5. The van der Waals surface area contributed by atoms with Crippen LogP contribution in [0.4, 0.5) is 0 Å². The van der Waals surface area contributed by atoms with Gasteiger partial charge < -0.3 is 14.4 Å². The van der Waals surface area contributed by atoms with Gasteiger partial charge in [0.15, 0.2) is 0 Å². The molecule has 0 bridgehead atoms. The largest absolute Gasteiger partial charge is 0.466 e. The molecule has 5 nitrogen and oxygen atoms in total. The standard InChI is InChI=1S/C16H23O5P/c1-2-20-16(17)9-8-14-15(10-11-21-14)22(18,19)12-13-6-4-3-5-7-13/h3-7,14-15H,2,8-12H2,1H3,(H,18,19). The average Bonchev–Trinajstić information content (AvgIpc) is 2.95. The molecule has 3 atom stereocenters. The van der Waals surface area contributed by atoms with E-state index in [2.05, 4.69) is 0 Å². The lowest BCUT2D eigenvalue weighted by atomic mass is 10.1. The number of ether oxygens (including phenoxy) is 2. The zero-order valence-electron chi connectivity index (χ0n) is 12.8. The fourth-order valence-corrected chi connectivity index (χ4v) is 5.06. The van der Waals surface area contributed by atoms with Crippen molar-refractivity contribution in [2.24, 2.45) is 0 Å². The van der Waals surface area contributed by atoms with Crippen LogP contribution in [0.3, 0.4) is 0 Å². The van der Waals surface area contributed by atoms with E-state index < -0.39 is 13.0 Å². The summed E-state index contributed by atoms with van der Waals surface area (Å²) in [5.41, 5.74) is 0.450. The summed E-state index contributed by atoms with van der Waals surface area (Å²) in [4.78, 5) is 21.9. The van der Waals surface area contributed by atoms with E-state index in [4.69, 9.17) is 9.47 Å². The second-order valence-corrected chi connectivity index (χ2v) is 8.00. The van der Waals surface area contributed by atoms with Crippen LogP contribution < -0.4 is 0 Å². The lowest BCUT2D eigenvalue weighted by Gasteiger charge is -2.23. The van der Waals surface area contributed by atoms with E-state index in [0.717, 1.165) is 5.56 Å². The van der Waals surface area contributed by atoms with Crippen molar-refractivity contribution in [1.82, 2.24) is 0 Å². The highest BCUT2D eigenvalue weighted by Crippen LogP contribution is 2.55. The van der Waals surface area contributed by atoms with E-state index in [0.29, 0.717) is 26.1 Å². The van der Waals surface area contributed by atoms with Gasteiger partial charge in [-0.25, -0.2) is 0 Å². The van der Waals surface area contributed by atoms with Crippen molar-refractivity contribution < 1.29 is 23.7 Å². The predicted octanol–water partition coefficient (Wildman–Crippen LogP) is 2.96. The normalized spacial score (nSPS) is 23.9. The zero-order valence-corrected chi connectivity index (χ0v) is 13.7. The Labute approximate surface area is 131 Å². The number of rotatable bonds is 7. The van der Waals surface area contributed by atoms with Crippen LogP contribution in [-0.2, 0) is 25.0 Å². The van der Waals surface area contributed by atoms with Gasteiger partial charge in [-0.2, -0.15) is 0 Å². The van der Waals surface area contributed by atoms with Crippen LogP contribution in [0.15, 0.2) is 30.3 Å². The molecule has 1 heterocycles. The van der Waals surface area contributed by atoms with Crippen molar-refractivity contribution >= 4 is 13.3 Å². The Balaban J connectivity index is 1.96. The van der Waals surface area contributed by atoms with Crippen molar-refractivity contribution in [3.63, 3.8) is 0 Å². The molecule has 0 amide bonds. The van der Waals surface area contributed by atoms with Gasteiger partial charge >= 0.3 is 5.97 Å². The van der Waals surface area contributed by atoms with E-state index in [1.54, 1.807) is 6.92 Å². The fraction of sp³-hybridized carbons (Fsp3) is 0.562. The summed E-state index contributed by atoms with van der Waals surface area (Å²) in [6, 6.07) is 9.31. The summed E-state index contributed by atoms with van der Waals surface area (Å²) in [5.74, 6) is -0.285. The lowest BCUT2D eigenvalue weighted by Crippen LogP contribution is -2.23. The molecule has 0 radical (unpaired) electrons. The highest BCUT2D eigenvalue weighted by atomic mass is 31.2. The molecule has 6 heteroatoms. The number of carbonyl (C=O) groups is 1. The van der Waals surface area contributed by atoms with Crippen molar-refractivity contribution in [2.45, 2.75) is 44.1 Å². The van der Waals surface area contributed by atoms with Gasteiger partial charge in [0.2, 0.25) is 7.37 Å². The van der Waals surface area contributed by atoms with Gasteiger partial charge in [-0.15, -0.1) is 0 Å². The summed E-state index contributed by atoms with van der Waals surface area (Å²) in [5, 5.41) is 0. The minimum Gasteiger partial charge on any atom is -0.466 e. The van der Waals surface area contributed by atoms with Gasteiger partial charge in [-0.05, 0) is 25.3 Å². The highest BCUT2D eigenvalue weighted by molar-refractivity contribution is 7.58. The van der Waals surface area contributed by atoms with Gasteiger partial charge in [0.05, 0.1) is 18.4 Å². The lowest BCUT2D eigenvalue weighted by molar-refractivity contribution is -0.143. The summed E-state index contributed by atoms with van der Waals surface area (Å²) < 4.78 is 23.2. The summed E-state index contributed by atoms with van der Waals surface area (Å²) in [6.45, 7) is 2.58. The third kappa shape index (κ3) is 4.67. The van der Waals surface area contributed by atoms with Crippen molar-refractivity contribution in [3.05, 3.63) is 35.9 Å². The Hall–Kier alpha value is -1.16. The number of carbonyl (C=O) groups excluding carboxylic acids is 1. The molecule has 1 aromatic rings. The molecule has 1 N–H and O–H groups in total. The Kier molecular flexibility index (Phi) is 6.18. The van der Waals surface area contributed by atoms with E-state index in [1.165, 1.54) is 0 Å². The van der Waals surface area contributed by atoms with Crippen LogP contribution >= 0.6 is 7.37 Å². The third-order valence-electron chi connectivity index (χ3n) is 3.88. The van der Waals surface area contributed by atoms with Crippen LogP contribution in [-0.4, -0.2) is 35.8 Å². The fourth-order valence-electron chi connectivity index (χ4n) is 2.83. The van der Waals surface area contributed by atoms with Crippen LogP contribution in [0.2, 0.25) is 0 Å². The molecule has 1 saturated heterocycles. The van der Waals surface area contributed by atoms with Gasteiger partial charge in [-0.3, -0.25) is 9.36 Å². The first kappa shape index (κ1) is 17.2. The van der Waals surface area contributed by atoms with Crippen LogP contribution in [0.25, 0.3) is 0 Å². The van der Waals surface area contributed by atoms with Crippen molar-refractivity contribution in [1.29, 1.82) is 0 Å². The van der Waals surface area contributed by atoms with Crippen LogP contribution in [0.1, 0.15) is 31.7 Å². The number of esters is 1. The molecule has 1 fully saturated rings. The van der Waals surface area contributed by atoms with Gasteiger partial charge in [0, 0.05) is 19.2 Å². The van der Waals surface area contributed by atoms with Gasteiger partial charge in [0.25, 0.3) is 0 Å². The summed E-state index contributed by atoms with van der Waals surface area (Å²) >= 11 is 0. The maximum absolute atomic E-state index is 12.7. The average molecular weight is 326 g/mol. The highest BCUT2D eigenvalue weighted by Gasteiger charge is 2.41. The van der Waals surface area contributed by atoms with Crippen molar-refractivity contribution in [3.8, 4) is 0 Å². The summed E-state index contributed by atoms with van der Waals surface area (Å²) in [6.07, 6.45) is 1.03. The predicted molar refractivity (Wildman–Crippen MR) is 84.0 cm³/mol. The Morgan fingerprint density at radius 3 is 2.82 bits per heavy atom. The smallest absolute Gasteiger partial charge is 0.305 e. The minimum absolute atomic E-state index is 0.151. The molecular formula is C16H23O5P. The second-order valence-electron chi connectivity index (χ2n) is 5.51.